The van der Waals surface area contributed by atoms with Gasteiger partial charge in [0, 0.05) is 25.5 Å². The van der Waals surface area contributed by atoms with Gasteiger partial charge in [0.05, 0.1) is 0 Å². The molecule has 1 aromatic rings. The van der Waals surface area contributed by atoms with E-state index in [0.29, 0.717) is 5.41 Å². The lowest BCUT2D eigenvalue weighted by Crippen LogP contribution is -2.29. The van der Waals surface area contributed by atoms with E-state index in [2.05, 4.69) is 41.8 Å². The van der Waals surface area contributed by atoms with Crippen molar-refractivity contribution < 1.29 is 0 Å². The molecule has 1 fully saturated rings. The van der Waals surface area contributed by atoms with Crippen molar-refractivity contribution in [3.05, 3.63) is 12.4 Å². The average molecular weight is 263 g/mol. The van der Waals surface area contributed by atoms with E-state index in [9.17, 15) is 0 Å². The van der Waals surface area contributed by atoms with Gasteiger partial charge in [-0.15, -0.1) is 0 Å². The predicted molar refractivity (Wildman–Crippen MR) is 81.4 cm³/mol. The molecule has 0 unspecified atom stereocenters. The number of aromatic nitrogens is 2. The van der Waals surface area contributed by atoms with Crippen LogP contribution in [0.1, 0.15) is 59.3 Å². The highest BCUT2D eigenvalue weighted by Gasteiger charge is 2.34. The molecular weight excluding hydrogens is 234 g/mol. The van der Waals surface area contributed by atoms with Gasteiger partial charge in [-0.3, -0.25) is 0 Å². The quantitative estimate of drug-likeness (QED) is 0.794. The lowest BCUT2D eigenvalue weighted by molar-refractivity contribution is 0.252. The zero-order chi connectivity index (χ0) is 13.7. The Labute approximate surface area is 117 Å². The highest BCUT2D eigenvalue weighted by atomic mass is 15.2. The van der Waals surface area contributed by atoms with Crippen molar-refractivity contribution in [2.45, 2.75) is 65.8 Å². The Hall–Kier alpha value is -0.990. The monoisotopic (exact) mass is 263 g/mol. The summed E-state index contributed by atoms with van der Waals surface area (Å²) in [7, 11) is 0. The largest absolute Gasteiger partial charge is 0.355 e. The summed E-state index contributed by atoms with van der Waals surface area (Å²) in [5, 5.41) is 3.62. The standard InChI is InChI=1S/C16H29N3/c1-4-10-19-11-9-17-15(19)18-13-16(12-14(2)3)7-5-6-8-16/h9,11,14H,4-8,10,12-13H2,1-3H3,(H,17,18). The van der Waals surface area contributed by atoms with Crippen LogP contribution in [0.4, 0.5) is 5.95 Å². The van der Waals surface area contributed by atoms with E-state index in [1.165, 1.54) is 32.1 Å². The number of hydrogen-bond donors (Lipinski definition) is 1. The van der Waals surface area contributed by atoms with Crippen LogP contribution in [-0.4, -0.2) is 16.1 Å². The molecule has 0 amide bonds. The van der Waals surface area contributed by atoms with E-state index >= 15 is 0 Å². The van der Waals surface area contributed by atoms with Crippen molar-refractivity contribution in [1.82, 2.24) is 9.55 Å². The van der Waals surface area contributed by atoms with Gasteiger partial charge in [-0.2, -0.15) is 0 Å². The fourth-order valence-corrected chi connectivity index (χ4v) is 3.61. The molecule has 0 saturated heterocycles. The van der Waals surface area contributed by atoms with Gasteiger partial charge in [-0.05, 0) is 37.0 Å². The minimum absolute atomic E-state index is 0.511. The molecule has 0 aliphatic heterocycles. The second kappa shape index (κ2) is 6.44. The number of nitrogens with zero attached hydrogens (tertiary/aromatic N) is 2. The van der Waals surface area contributed by atoms with Crippen molar-refractivity contribution in [2.75, 3.05) is 11.9 Å². The number of aryl methyl sites for hydroxylation is 1. The van der Waals surface area contributed by atoms with Crippen LogP contribution in [0.3, 0.4) is 0 Å². The van der Waals surface area contributed by atoms with E-state index in [1.807, 2.05) is 6.20 Å². The van der Waals surface area contributed by atoms with Gasteiger partial charge < -0.3 is 9.88 Å². The van der Waals surface area contributed by atoms with Crippen molar-refractivity contribution in [3.8, 4) is 0 Å². The van der Waals surface area contributed by atoms with Crippen LogP contribution in [-0.2, 0) is 6.54 Å². The van der Waals surface area contributed by atoms with Gasteiger partial charge in [0.25, 0.3) is 0 Å². The van der Waals surface area contributed by atoms with Crippen molar-refractivity contribution in [3.63, 3.8) is 0 Å². The van der Waals surface area contributed by atoms with E-state index in [1.54, 1.807) is 0 Å². The first kappa shape index (κ1) is 14.4. The first-order valence-electron chi connectivity index (χ1n) is 7.90. The van der Waals surface area contributed by atoms with Crippen LogP contribution in [0.25, 0.3) is 0 Å². The van der Waals surface area contributed by atoms with Crippen LogP contribution >= 0.6 is 0 Å². The molecule has 1 saturated carbocycles. The first-order chi connectivity index (χ1) is 9.15. The average Bonchev–Trinajstić information content (AvgIpc) is 2.96. The maximum absolute atomic E-state index is 4.46. The number of nitrogens with one attached hydrogen (secondary N) is 1. The van der Waals surface area contributed by atoms with Gasteiger partial charge in [-0.25, -0.2) is 4.98 Å². The normalized spacial score (nSPS) is 18.1. The van der Waals surface area contributed by atoms with Gasteiger partial charge in [-0.1, -0.05) is 33.6 Å². The summed E-state index contributed by atoms with van der Waals surface area (Å²) < 4.78 is 2.23. The van der Waals surface area contributed by atoms with Gasteiger partial charge in [0.2, 0.25) is 5.95 Å². The zero-order valence-electron chi connectivity index (χ0n) is 12.8. The fraction of sp³-hybridized carbons (Fsp3) is 0.812. The van der Waals surface area contributed by atoms with Gasteiger partial charge in [0.1, 0.15) is 0 Å². The van der Waals surface area contributed by atoms with Crippen LogP contribution in [0.2, 0.25) is 0 Å². The second-order valence-electron chi connectivity index (χ2n) is 6.60. The summed E-state index contributed by atoms with van der Waals surface area (Å²) in [4.78, 5) is 4.46. The van der Waals surface area contributed by atoms with Crippen LogP contribution in [0, 0.1) is 11.3 Å². The Bertz CT molecular complexity index is 375. The molecule has 1 aromatic heterocycles. The van der Waals surface area contributed by atoms with Crippen molar-refractivity contribution >= 4 is 5.95 Å². The molecule has 0 bridgehead atoms. The topological polar surface area (TPSA) is 29.9 Å². The molecule has 0 spiro atoms. The highest BCUT2D eigenvalue weighted by Crippen LogP contribution is 2.43. The van der Waals surface area contributed by atoms with Crippen molar-refractivity contribution in [2.24, 2.45) is 11.3 Å². The molecule has 3 heteroatoms. The zero-order valence-corrected chi connectivity index (χ0v) is 12.8. The third kappa shape index (κ3) is 3.74. The molecule has 0 atom stereocenters. The second-order valence-corrected chi connectivity index (χ2v) is 6.60. The lowest BCUT2D eigenvalue weighted by atomic mass is 9.78. The first-order valence-corrected chi connectivity index (χ1v) is 7.90. The summed E-state index contributed by atoms with van der Waals surface area (Å²) in [5.74, 6) is 1.84. The molecular formula is C16H29N3. The van der Waals surface area contributed by atoms with Crippen LogP contribution < -0.4 is 5.32 Å². The predicted octanol–water partition coefficient (Wildman–Crippen LogP) is 4.31. The molecule has 1 aliphatic rings. The molecule has 19 heavy (non-hydrogen) atoms. The van der Waals surface area contributed by atoms with Crippen LogP contribution in [0.5, 0.6) is 0 Å². The third-order valence-electron chi connectivity index (χ3n) is 4.31. The maximum Gasteiger partial charge on any atom is 0.202 e. The van der Waals surface area contributed by atoms with Crippen molar-refractivity contribution in [1.29, 1.82) is 0 Å². The summed E-state index contributed by atoms with van der Waals surface area (Å²) in [5.41, 5.74) is 0.511. The summed E-state index contributed by atoms with van der Waals surface area (Å²) in [6, 6.07) is 0. The maximum atomic E-state index is 4.46. The van der Waals surface area contributed by atoms with E-state index in [0.717, 1.165) is 31.4 Å². The fourth-order valence-electron chi connectivity index (χ4n) is 3.61. The molecule has 1 heterocycles. The minimum Gasteiger partial charge on any atom is -0.355 e. The van der Waals surface area contributed by atoms with Gasteiger partial charge >= 0.3 is 0 Å². The number of anilines is 1. The third-order valence-corrected chi connectivity index (χ3v) is 4.31. The Kier molecular flexibility index (Phi) is 4.89. The van der Waals surface area contributed by atoms with E-state index in [4.69, 9.17) is 0 Å². The Morgan fingerprint density at radius 3 is 2.74 bits per heavy atom. The molecule has 1 N–H and O–H groups in total. The highest BCUT2D eigenvalue weighted by molar-refractivity contribution is 5.26. The summed E-state index contributed by atoms with van der Waals surface area (Å²) in [6.07, 6.45) is 12.0. The molecule has 1 aliphatic carbocycles. The smallest absolute Gasteiger partial charge is 0.202 e. The molecule has 0 aromatic carbocycles. The Morgan fingerprint density at radius 1 is 1.37 bits per heavy atom. The Morgan fingerprint density at radius 2 is 2.11 bits per heavy atom. The van der Waals surface area contributed by atoms with E-state index in [-0.39, 0.29) is 0 Å². The number of hydrogen-bond acceptors (Lipinski definition) is 2. The summed E-state index contributed by atoms with van der Waals surface area (Å²) in [6.45, 7) is 9.04. The SMILES string of the molecule is CCCn1ccnc1NCC1(CC(C)C)CCCC1. The molecule has 0 radical (unpaired) electrons. The summed E-state index contributed by atoms with van der Waals surface area (Å²) >= 11 is 0. The Balaban J connectivity index is 1.96. The van der Waals surface area contributed by atoms with E-state index < -0.39 is 0 Å². The molecule has 108 valence electrons. The van der Waals surface area contributed by atoms with Crippen LogP contribution in [0.15, 0.2) is 12.4 Å². The molecule has 3 nitrogen and oxygen atoms in total. The number of rotatable bonds is 7. The number of imidazole rings is 1. The molecule has 2 rings (SSSR count). The minimum atomic E-state index is 0.511. The van der Waals surface area contributed by atoms with Gasteiger partial charge in [0.15, 0.2) is 0 Å². The lowest BCUT2D eigenvalue weighted by Gasteiger charge is -2.31.